The fourth-order valence-corrected chi connectivity index (χ4v) is 3.24. The standard InChI is InChI=1S/C16H24ClFN2.C4H4O4/c1-12(2)10-20(13-6-8-19-9-7-13)11-14-15(17)4-3-5-16(14)18;5-3(6)1-2-4(7)8/h3-5,12-13,19H,6-11H2,1-2H3;1-2H,(H,5,6)(H,7,8)/b;2-1+. The summed E-state index contributed by atoms with van der Waals surface area (Å²) in [7, 11) is 0. The predicted molar refractivity (Wildman–Crippen MR) is 107 cm³/mol. The molecule has 0 unspecified atom stereocenters. The topological polar surface area (TPSA) is 89.9 Å². The van der Waals surface area contributed by atoms with Crippen LogP contribution in [0.4, 0.5) is 4.39 Å². The van der Waals surface area contributed by atoms with Crippen molar-refractivity contribution < 1.29 is 24.2 Å². The lowest BCUT2D eigenvalue weighted by Crippen LogP contribution is -2.44. The van der Waals surface area contributed by atoms with Crippen molar-refractivity contribution in [1.29, 1.82) is 0 Å². The summed E-state index contributed by atoms with van der Waals surface area (Å²) in [6.07, 6.45) is 3.36. The number of carboxylic acid groups (broad SMARTS) is 2. The van der Waals surface area contributed by atoms with Gasteiger partial charge < -0.3 is 15.5 Å². The maximum Gasteiger partial charge on any atom is 0.328 e. The molecular formula is C20H28ClFN2O4. The van der Waals surface area contributed by atoms with E-state index in [-0.39, 0.29) is 5.82 Å². The summed E-state index contributed by atoms with van der Waals surface area (Å²) < 4.78 is 14.0. The first-order valence-corrected chi connectivity index (χ1v) is 9.60. The first-order chi connectivity index (χ1) is 13.2. The molecule has 0 spiro atoms. The van der Waals surface area contributed by atoms with Crippen molar-refractivity contribution in [1.82, 2.24) is 10.2 Å². The maximum atomic E-state index is 14.0. The number of halogens is 2. The number of carbonyl (C=O) groups is 2. The number of benzene rings is 1. The monoisotopic (exact) mass is 414 g/mol. The van der Waals surface area contributed by atoms with Crippen LogP contribution in [-0.2, 0) is 16.1 Å². The smallest absolute Gasteiger partial charge is 0.328 e. The third kappa shape index (κ3) is 9.30. The Kier molecular flexibility index (Phi) is 10.7. The summed E-state index contributed by atoms with van der Waals surface area (Å²) in [5, 5.41) is 19.5. The van der Waals surface area contributed by atoms with E-state index in [2.05, 4.69) is 24.1 Å². The van der Waals surface area contributed by atoms with Gasteiger partial charge in [0.2, 0.25) is 0 Å². The van der Waals surface area contributed by atoms with E-state index in [9.17, 15) is 14.0 Å². The number of hydrogen-bond acceptors (Lipinski definition) is 4. The fourth-order valence-electron chi connectivity index (χ4n) is 3.01. The highest BCUT2D eigenvalue weighted by molar-refractivity contribution is 6.31. The van der Waals surface area contributed by atoms with Gasteiger partial charge in [-0.15, -0.1) is 0 Å². The molecule has 0 saturated carbocycles. The first kappa shape index (κ1) is 24.1. The highest BCUT2D eigenvalue weighted by atomic mass is 35.5. The van der Waals surface area contributed by atoms with Crippen LogP contribution in [0.2, 0.25) is 5.02 Å². The normalized spacial score (nSPS) is 14.9. The average molecular weight is 415 g/mol. The van der Waals surface area contributed by atoms with Crippen LogP contribution >= 0.6 is 11.6 Å². The summed E-state index contributed by atoms with van der Waals surface area (Å²) in [6, 6.07) is 5.46. The minimum absolute atomic E-state index is 0.194. The summed E-state index contributed by atoms with van der Waals surface area (Å²) in [5.74, 6) is -2.14. The predicted octanol–water partition coefficient (Wildman–Crippen LogP) is 3.40. The molecule has 1 heterocycles. The van der Waals surface area contributed by atoms with Gasteiger partial charge in [-0.25, -0.2) is 14.0 Å². The van der Waals surface area contributed by atoms with Crippen molar-refractivity contribution in [2.45, 2.75) is 39.3 Å². The van der Waals surface area contributed by atoms with E-state index < -0.39 is 11.9 Å². The van der Waals surface area contributed by atoms with Crippen LogP contribution in [0.5, 0.6) is 0 Å². The SMILES string of the molecule is CC(C)CN(Cc1c(F)cccc1Cl)C1CCNCC1.O=C(O)/C=C/C(=O)O. The number of nitrogens with zero attached hydrogens (tertiary/aromatic N) is 1. The molecule has 0 aromatic heterocycles. The Labute approximate surface area is 170 Å². The van der Waals surface area contributed by atoms with Crippen LogP contribution in [0.15, 0.2) is 30.4 Å². The van der Waals surface area contributed by atoms with E-state index in [4.69, 9.17) is 21.8 Å². The Balaban J connectivity index is 0.000000416. The molecule has 28 heavy (non-hydrogen) atoms. The summed E-state index contributed by atoms with van der Waals surface area (Å²) in [6.45, 7) is 8.09. The van der Waals surface area contributed by atoms with Gasteiger partial charge in [0.1, 0.15) is 5.82 Å². The summed E-state index contributed by atoms with van der Waals surface area (Å²) in [5.41, 5.74) is 0.633. The van der Waals surface area contributed by atoms with Gasteiger partial charge in [0.05, 0.1) is 0 Å². The van der Waals surface area contributed by atoms with Crippen LogP contribution in [0.25, 0.3) is 0 Å². The van der Waals surface area contributed by atoms with E-state index in [1.54, 1.807) is 12.1 Å². The van der Waals surface area contributed by atoms with Crippen LogP contribution < -0.4 is 5.32 Å². The molecule has 3 N–H and O–H groups in total. The van der Waals surface area contributed by atoms with E-state index >= 15 is 0 Å². The van der Waals surface area contributed by atoms with E-state index in [1.807, 2.05) is 0 Å². The number of aliphatic carboxylic acids is 2. The Hall–Kier alpha value is -1.96. The van der Waals surface area contributed by atoms with Gasteiger partial charge in [0.15, 0.2) is 0 Å². The van der Waals surface area contributed by atoms with Gasteiger partial charge in [0, 0.05) is 41.9 Å². The Bertz CT molecular complexity index is 640. The van der Waals surface area contributed by atoms with E-state index in [0.717, 1.165) is 32.5 Å². The number of carboxylic acids is 2. The number of piperidine rings is 1. The summed E-state index contributed by atoms with van der Waals surface area (Å²) in [4.78, 5) is 21.5. The van der Waals surface area contributed by atoms with Crippen LogP contribution in [-0.4, -0.2) is 52.7 Å². The third-order valence-electron chi connectivity index (χ3n) is 4.22. The molecule has 0 aliphatic carbocycles. The molecule has 1 aromatic rings. The zero-order valence-corrected chi connectivity index (χ0v) is 17.0. The Morgan fingerprint density at radius 1 is 1.25 bits per heavy atom. The van der Waals surface area contributed by atoms with Gasteiger partial charge in [-0.2, -0.15) is 0 Å². The van der Waals surface area contributed by atoms with Gasteiger partial charge >= 0.3 is 11.9 Å². The van der Waals surface area contributed by atoms with Crippen molar-refractivity contribution in [3.63, 3.8) is 0 Å². The Morgan fingerprint density at radius 2 is 1.82 bits per heavy atom. The molecular weight excluding hydrogens is 387 g/mol. The molecule has 8 heteroatoms. The minimum atomic E-state index is -1.26. The van der Waals surface area contributed by atoms with Crippen molar-refractivity contribution in [2.75, 3.05) is 19.6 Å². The molecule has 6 nitrogen and oxygen atoms in total. The van der Waals surface area contributed by atoms with Crippen molar-refractivity contribution >= 4 is 23.5 Å². The van der Waals surface area contributed by atoms with Gasteiger partial charge in [-0.05, 0) is 44.0 Å². The number of hydrogen-bond donors (Lipinski definition) is 3. The summed E-state index contributed by atoms with van der Waals surface area (Å²) >= 11 is 6.17. The first-order valence-electron chi connectivity index (χ1n) is 9.22. The lowest BCUT2D eigenvalue weighted by molar-refractivity contribution is -0.134. The molecule has 156 valence electrons. The molecule has 1 aliphatic heterocycles. The van der Waals surface area contributed by atoms with Crippen molar-refractivity contribution in [3.8, 4) is 0 Å². The molecule has 1 aromatic carbocycles. The lowest BCUT2D eigenvalue weighted by Gasteiger charge is -2.36. The molecule has 0 bridgehead atoms. The van der Waals surface area contributed by atoms with E-state index in [0.29, 0.717) is 41.2 Å². The molecule has 0 radical (unpaired) electrons. The van der Waals surface area contributed by atoms with Crippen LogP contribution in [0, 0.1) is 11.7 Å². The highest BCUT2D eigenvalue weighted by Gasteiger charge is 2.23. The van der Waals surface area contributed by atoms with Crippen LogP contribution in [0.1, 0.15) is 32.3 Å². The zero-order chi connectivity index (χ0) is 21.1. The maximum absolute atomic E-state index is 14.0. The Morgan fingerprint density at radius 3 is 2.29 bits per heavy atom. The quantitative estimate of drug-likeness (QED) is 0.592. The molecule has 1 aliphatic rings. The molecule has 1 saturated heterocycles. The number of rotatable bonds is 7. The minimum Gasteiger partial charge on any atom is -0.478 e. The molecule has 2 rings (SSSR count). The lowest BCUT2D eigenvalue weighted by atomic mass is 10.0. The second kappa shape index (κ2) is 12.5. The highest BCUT2D eigenvalue weighted by Crippen LogP contribution is 2.24. The zero-order valence-electron chi connectivity index (χ0n) is 16.2. The molecule has 0 amide bonds. The average Bonchev–Trinajstić information content (AvgIpc) is 2.63. The van der Waals surface area contributed by atoms with Gasteiger partial charge in [0.25, 0.3) is 0 Å². The van der Waals surface area contributed by atoms with Crippen LogP contribution in [0.3, 0.4) is 0 Å². The third-order valence-corrected chi connectivity index (χ3v) is 4.57. The number of nitrogens with one attached hydrogen (secondary N) is 1. The van der Waals surface area contributed by atoms with Crippen molar-refractivity contribution in [3.05, 3.63) is 46.8 Å². The van der Waals surface area contributed by atoms with Gasteiger partial charge in [-0.3, -0.25) is 4.90 Å². The van der Waals surface area contributed by atoms with Gasteiger partial charge in [-0.1, -0.05) is 31.5 Å². The largest absolute Gasteiger partial charge is 0.478 e. The van der Waals surface area contributed by atoms with E-state index in [1.165, 1.54) is 6.07 Å². The van der Waals surface area contributed by atoms with Crippen molar-refractivity contribution in [2.24, 2.45) is 5.92 Å². The second-order valence-electron chi connectivity index (χ2n) is 7.01. The second-order valence-corrected chi connectivity index (χ2v) is 7.42. The fraction of sp³-hybridized carbons (Fsp3) is 0.500. The molecule has 1 fully saturated rings. The molecule has 0 atom stereocenters.